The molecule has 0 spiro atoms. The van der Waals surface area contributed by atoms with Crippen LogP contribution >= 0.6 is 11.8 Å². The molecule has 1 saturated carbocycles. The molecule has 0 bridgehead atoms. The maximum absolute atomic E-state index is 11.0. The van der Waals surface area contributed by atoms with Crippen LogP contribution in [0.3, 0.4) is 0 Å². The fourth-order valence-electron chi connectivity index (χ4n) is 2.56. The van der Waals surface area contributed by atoms with E-state index >= 15 is 0 Å². The van der Waals surface area contributed by atoms with Crippen molar-refractivity contribution in [3.8, 4) is 0 Å². The Labute approximate surface area is 109 Å². The predicted molar refractivity (Wildman–Crippen MR) is 73.3 cm³/mol. The molecule has 0 aromatic heterocycles. The maximum Gasteiger partial charge on any atom is 0.321 e. The Morgan fingerprint density at radius 3 is 2.59 bits per heavy atom. The van der Waals surface area contributed by atoms with Gasteiger partial charge in [-0.1, -0.05) is 26.2 Å². The van der Waals surface area contributed by atoms with E-state index in [1.165, 1.54) is 32.1 Å². The van der Waals surface area contributed by atoms with Gasteiger partial charge in [0.15, 0.2) is 0 Å². The molecule has 1 aliphatic rings. The van der Waals surface area contributed by atoms with Crippen LogP contribution in [0.15, 0.2) is 0 Å². The molecule has 0 saturated heterocycles. The number of hydrogen-bond donors (Lipinski definition) is 2. The minimum absolute atomic E-state index is 0.388. The summed E-state index contributed by atoms with van der Waals surface area (Å²) in [6.45, 7) is 6.14. The van der Waals surface area contributed by atoms with Crippen LogP contribution in [0.25, 0.3) is 0 Å². The fraction of sp³-hybridized carbons (Fsp3) is 0.923. The van der Waals surface area contributed by atoms with Crippen molar-refractivity contribution in [1.82, 2.24) is 0 Å². The van der Waals surface area contributed by atoms with Crippen molar-refractivity contribution in [1.29, 1.82) is 0 Å². The van der Waals surface area contributed by atoms with Crippen LogP contribution in [0.2, 0.25) is 0 Å². The first kappa shape index (κ1) is 14.8. The van der Waals surface area contributed by atoms with Gasteiger partial charge in [-0.25, -0.2) is 0 Å². The largest absolute Gasteiger partial charge is 0.480 e. The first-order valence-corrected chi connectivity index (χ1v) is 7.42. The zero-order chi connectivity index (χ0) is 13.1. The first-order chi connectivity index (χ1) is 7.88. The quantitative estimate of drug-likeness (QED) is 0.797. The summed E-state index contributed by atoms with van der Waals surface area (Å²) >= 11 is 1.79. The molecule has 3 N–H and O–H groups in total. The Hall–Kier alpha value is -0.220. The number of aliphatic carboxylic acids is 1. The molecule has 17 heavy (non-hydrogen) atoms. The number of rotatable bonds is 5. The molecule has 0 amide bonds. The lowest BCUT2D eigenvalue weighted by molar-refractivity contribution is -0.139. The van der Waals surface area contributed by atoms with Gasteiger partial charge in [0.05, 0.1) is 0 Å². The van der Waals surface area contributed by atoms with Crippen molar-refractivity contribution in [2.24, 2.45) is 11.7 Å². The van der Waals surface area contributed by atoms with Crippen LogP contribution in [0.4, 0.5) is 0 Å². The summed E-state index contributed by atoms with van der Waals surface area (Å²) in [6.07, 6.45) is 6.27. The number of carboxylic acids is 1. The molecule has 0 aromatic rings. The highest BCUT2D eigenvalue weighted by molar-refractivity contribution is 8.01. The van der Waals surface area contributed by atoms with Crippen LogP contribution in [-0.2, 0) is 4.79 Å². The Balaban J connectivity index is 2.64. The molecule has 4 heteroatoms. The van der Waals surface area contributed by atoms with Crippen LogP contribution in [0.5, 0.6) is 0 Å². The van der Waals surface area contributed by atoms with Crippen molar-refractivity contribution in [2.45, 2.75) is 68.9 Å². The summed E-state index contributed by atoms with van der Waals surface area (Å²) < 4.78 is -0.388. The van der Waals surface area contributed by atoms with Crippen molar-refractivity contribution in [3.05, 3.63) is 0 Å². The van der Waals surface area contributed by atoms with E-state index in [1.54, 1.807) is 11.8 Å². The van der Waals surface area contributed by atoms with Gasteiger partial charge in [-0.05, 0) is 32.6 Å². The average molecular weight is 259 g/mol. The van der Waals surface area contributed by atoms with Gasteiger partial charge in [-0.2, -0.15) is 0 Å². The van der Waals surface area contributed by atoms with Crippen LogP contribution in [0.1, 0.15) is 52.9 Å². The minimum Gasteiger partial charge on any atom is -0.480 e. The van der Waals surface area contributed by atoms with Crippen LogP contribution in [-0.4, -0.2) is 27.1 Å². The molecule has 0 heterocycles. The summed E-state index contributed by atoms with van der Waals surface area (Å²) in [4.78, 5) is 11.0. The second kappa shape index (κ2) is 6.10. The molecule has 1 rings (SSSR count). The topological polar surface area (TPSA) is 63.3 Å². The van der Waals surface area contributed by atoms with Gasteiger partial charge < -0.3 is 10.8 Å². The van der Waals surface area contributed by atoms with Gasteiger partial charge in [-0.15, -0.1) is 11.8 Å². The Morgan fingerprint density at radius 1 is 1.47 bits per heavy atom. The molecule has 0 aromatic carbocycles. The summed E-state index contributed by atoms with van der Waals surface area (Å²) in [5.41, 5.74) is 5.78. The van der Waals surface area contributed by atoms with Gasteiger partial charge in [0.1, 0.15) is 6.04 Å². The van der Waals surface area contributed by atoms with Crippen molar-refractivity contribution >= 4 is 17.7 Å². The van der Waals surface area contributed by atoms with Crippen molar-refractivity contribution < 1.29 is 9.90 Å². The first-order valence-electron chi connectivity index (χ1n) is 6.54. The third kappa shape index (κ3) is 3.88. The molecule has 1 aliphatic carbocycles. The monoisotopic (exact) mass is 259 g/mol. The highest BCUT2D eigenvalue weighted by Crippen LogP contribution is 2.42. The predicted octanol–water partition coefficient (Wildman–Crippen LogP) is 2.88. The number of carbonyl (C=O) groups is 1. The third-order valence-corrected chi connectivity index (χ3v) is 5.62. The molecule has 3 atom stereocenters. The molecule has 1 fully saturated rings. The van der Waals surface area contributed by atoms with E-state index in [0.717, 1.165) is 5.92 Å². The Morgan fingerprint density at radius 2 is 2.06 bits per heavy atom. The van der Waals surface area contributed by atoms with Gasteiger partial charge in [-0.3, -0.25) is 4.79 Å². The van der Waals surface area contributed by atoms with Gasteiger partial charge >= 0.3 is 5.97 Å². The standard InChI is InChI=1S/C13H25NO2S/c1-4-9-7-5-6-8-10(9)17-13(2,3)11(14)12(15)16/h9-11H,4-8,14H2,1-3H3,(H,15,16)/t9?,10?,11-/m0/s1. The summed E-state index contributed by atoms with van der Waals surface area (Å²) in [5, 5.41) is 9.61. The highest BCUT2D eigenvalue weighted by Gasteiger charge is 2.37. The lowest BCUT2D eigenvalue weighted by atomic mass is 9.87. The lowest BCUT2D eigenvalue weighted by Gasteiger charge is -2.38. The smallest absolute Gasteiger partial charge is 0.321 e. The lowest BCUT2D eigenvalue weighted by Crippen LogP contribution is -2.48. The van der Waals surface area contributed by atoms with Gasteiger partial charge in [0.25, 0.3) is 0 Å². The molecule has 3 nitrogen and oxygen atoms in total. The fourth-order valence-corrected chi connectivity index (χ4v) is 4.39. The van der Waals surface area contributed by atoms with E-state index in [-0.39, 0.29) is 4.75 Å². The minimum atomic E-state index is -0.897. The zero-order valence-corrected chi connectivity index (χ0v) is 11.9. The highest BCUT2D eigenvalue weighted by atomic mass is 32.2. The van der Waals surface area contributed by atoms with E-state index in [0.29, 0.717) is 5.25 Å². The second-order valence-corrected chi connectivity index (χ2v) is 7.42. The van der Waals surface area contributed by atoms with Crippen LogP contribution in [0, 0.1) is 5.92 Å². The summed E-state index contributed by atoms with van der Waals surface area (Å²) in [6, 6.07) is -0.785. The third-order valence-electron chi connectivity index (χ3n) is 3.83. The van der Waals surface area contributed by atoms with E-state index in [1.807, 2.05) is 13.8 Å². The van der Waals surface area contributed by atoms with E-state index < -0.39 is 12.0 Å². The zero-order valence-electron chi connectivity index (χ0n) is 11.1. The van der Waals surface area contributed by atoms with E-state index in [4.69, 9.17) is 10.8 Å². The SMILES string of the molecule is CCC1CCCCC1SC(C)(C)[C@@H](N)C(=O)O. The van der Waals surface area contributed by atoms with Gasteiger partial charge in [0, 0.05) is 10.00 Å². The van der Waals surface area contributed by atoms with E-state index in [2.05, 4.69) is 6.92 Å². The molecule has 0 aliphatic heterocycles. The maximum atomic E-state index is 11.0. The number of nitrogens with two attached hydrogens (primary N) is 1. The number of hydrogen-bond acceptors (Lipinski definition) is 3. The van der Waals surface area contributed by atoms with Gasteiger partial charge in [0.2, 0.25) is 0 Å². The molecule has 0 radical (unpaired) electrons. The summed E-state index contributed by atoms with van der Waals surface area (Å²) in [5.74, 6) is -0.166. The van der Waals surface area contributed by atoms with Crippen molar-refractivity contribution in [2.75, 3.05) is 0 Å². The van der Waals surface area contributed by atoms with E-state index in [9.17, 15) is 4.79 Å². The van der Waals surface area contributed by atoms with Crippen LogP contribution < -0.4 is 5.73 Å². The molecule has 100 valence electrons. The second-order valence-electron chi connectivity index (χ2n) is 5.53. The number of thioether (sulfide) groups is 1. The molecular weight excluding hydrogens is 234 g/mol. The Bertz CT molecular complexity index is 268. The normalized spacial score (nSPS) is 27.8. The molecule has 2 unspecified atom stereocenters. The summed E-state index contributed by atoms with van der Waals surface area (Å²) in [7, 11) is 0. The van der Waals surface area contributed by atoms with Crippen molar-refractivity contribution in [3.63, 3.8) is 0 Å². The molecular formula is C13H25NO2S. The average Bonchev–Trinajstić information content (AvgIpc) is 2.28. The number of carboxylic acid groups (broad SMARTS) is 1. The Kier molecular flexibility index (Phi) is 5.32.